The van der Waals surface area contributed by atoms with E-state index in [1.54, 1.807) is 18.3 Å². The zero-order chi connectivity index (χ0) is 12.3. The first kappa shape index (κ1) is 11.9. The summed E-state index contributed by atoms with van der Waals surface area (Å²) in [7, 11) is 0. The minimum absolute atomic E-state index is 0.578. The topological polar surface area (TPSA) is 34.9 Å². The molecule has 1 heterocycles. The van der Waals surface area contributed by atoms with E-state index in [9.17, 15) is 4.79 Å². The lowest BCUT2D eigenvalue weighted by Crippen LogP contribution is -2.03. The van der Waals surface area contributed by atoms with Gasteiger partial charge in [-0.25, -0.2) is 4.98 Å². The first-order chi connectivity index (χ1) is 8.24. The summed E-state index contributed by atoms with van der Waals surface area (Å²) in [6.07, 6.45) is 5.19. The maximum atomic E-state index is 11.0. The standard InChI is InChI=1S/C13H13ClN2O/c1-2-16-6-5-15-13(16)8-10-3-4-12(14)7-11(10)9-17/h3-7,9H,2,8H2,1H3. The van der Waals surface area contributed by atoms with E-state index in [4.69, 9.17) is 11.6 Å². The van der Waals surface area contributed by atoms with Crippen LogP contribution in [-0.4, -0.2) is 15.8 Å². The third-order valence-electron chi connectivity index (χ3n) is 2.73. The van der Waals surface area contributed by atoms with Gasteiger partial charge in [0.1, 0.15) is 12.1 Å². The number of aldehydes is 1. The highest BCUT2D eigenvalue weighted by Gasteiger charge is 2.07. The molecule has 0 bridgehead atoms. The Morgan fingerprint density at radius 2 is 2.29 bits per heavy atom. The van der Waals surface area contributed by atoms with Gasteiger partial charge < -0.3 is 4.57 Å². The SMILES string of the molecule is CCn1ccnc1Cc1ccc(Cl)cc1C=O. The molecule has 0 N–H and O–H groups in total. The van der Waals surface area contributed by atoms with Crippen LogP contribution in [0.2, 0.25) is 5.02 Å². The van der Waals surface area contributed by atoms with Gasteiger partial charge in [0.05, 0.1) is 0 Å². The zero-order valence-corrected chi connectivity index (χ0v) is 10.3. The molecule has 0 fully saturated rings. The number of nitrogens with zero attached hydrogens (tertiary/aromatic N) is 2. The summed E-state index contributed by atoms with van der Waals surface area (Å²) < 4.78 is 2.06. The van der Waals surface area contributed by atoms with Crippen molar-refractivity contribution in [3.8, 4) is 0 Å². The van der Waals surface area contributed by atoms with Crippen molar-refractivity contribution in [1.82, 2.24) is 9.55 Å². The molecule has 17 heavy (non-hydrogen) atoms. The van der Waals surface area contributed by atoms with Crippen molar-refractivity contribution < 1.29 is 4.79 Å². The van der Waals surface area contributed by atoms with Crippen LogP contribution in [0, 0.1) is 0 Å². The van der Waals surface area contributed by atoms with Crippen molar-refractivity contribution in [2.75, 3.05) is 0 Å². The van der Waals surface area contributed by atoms with Gasteiger partial charge >= 0.3 is 0 Å². The predicted molar refractivity (Wildman–Crippen MR) is 67.5 cm³/mol. The quantitative estimate of drug-likeness (QED) is 0.780. The van der Waals surface area contributed by atoms with Crippen LogP contribution in [0.25, 0.3) is 0 Å². The number of halogens is 1. The Kier molecular flexibility index (Phi) is 3.59. The van der Waals surface area contributed by atoms with Gasteiger partial charge in [-0.1, -0.05) is 17.7 Å². The molecule has 2 rings (SSSR count). The number of hydrogen-bond acceptors (Lipinski definition) is 2. The van der Waals surface area contributed by atoms with E-state index in [-0.39, 0.29) is 0 Å². The molecule has 4 heteroatoms. The number of carbonyl (C=O) groups excluding carboxylic acids is 1. The van der Waals surface area contributed by atoms with Crippen molar-refractivity contribution in [2.45, 2.75) is 19.9 Å². The molecule has 0 amide bonds. The van der Waals surface area contributed by atoms with Crippen LogP contribution < -0.4 is 0 Å². The third kappa shape index (κ3) is 2.56. The first-order valence-corrected chi connectivity index (χ1v) is 5.86. The molecule has 0 aliphatic rings. The normalized spacial score (nSPS) is 10.5. The fraction of sp³-hybridized carbons (Fsp3) is 0.231. The summed E-state index contributed by atoms with van der Waals surface area (Å²) in [4.78, 5) is 15.3. The molecule has 2 aromatic rings. The predicted octanol–water partition coefficient (Wildman–Crippen LogP) is 2.96. The van der Waals surface area contributed by atoms with Gasteiger partial charge in [0.2, 0.25) is 0 Å². The monoisotopic (exact) mass is 248 g/mol. The Labute approximate surface area is 105 Å². The van der Waals surface area contributed by atoms with Gasteiger partial charge in [-0.15, -0.1) is 0 Å². The van der Waals surface area contributed by atoms with Crippen molar-refractivity contribution in [3.63, 3.8) is 0 Å². The number of benzene rings is 1. The van der Waals surface area contributed by atoms with E-state index in [0.717, 1.165) is 24.2 Å². The summed E-state index contributed by atoms with van der Waals surface area (Å²) in [5.74, 6) is 0.956. The average molecular weight is 249 g/mol. The molecule has 0 atom stereocenters. The summed E-state index contributed by atoms with van der Waals surface area (Å²) >= 11 is 5.86. The average Bonchev–Trinajstić information content (AvgIpc) is 2.78. The van der Waals surface area contributed by atoms with E-state index >= 15 is 0 Å². The number of aromatic nitrogens is 2. The van der Waals surface area contributed by atoms with Gasteiger partial charge in [-0.2, -0.15) is 0 Å². The minimum Gasteiger partial charge on any atom is -0.335 e. The van der Waals surface area contributed by atoms with E-state index in [1.165, 1.54) is 0 Å². The highest BCUT2D eigenvalue weighted by Crippen LogP contribution is 2.17. The number of aryl methyl sites for hydroxylation is 1. The van der Waals surface area contributed by atoms with Gasteiger partial charge in [0.25, 0.3) is 0 Å². The number of rotatable bonds is 4. The molecule has 0 radical (unpaired) electrons. The van der Waals surface area contributed by atoms with Crippen LogP contribution in [0.1, 0.15) is 28.7 Å². The number of hydrogen-bond donors (Lipinski definition) is 0. The molecule has 3 nitrogen and oxygen atoms in total. The lowest BCUT2D eigenvalue weighted by atomic mass is 10.1. The zero-order valence-electron chi connectivity index (χ0n) is 9.56. The first-order valence-electron chi connectivity index (χ1n) is 5.48. The van der Waals surface area contributed by atoms with Crippen molar-refractivity contribution in [2.24, 2.45) is 0 Å². The Balaban J connectivity index is 2.33. The largest absolute Gasteiger partial charge is 0.335 e. The molecular formula is C13H13ClN2O. The molecule has 0 spiro atoms. The lowest BCUT2D eigenvalue weighted by Gasteiger charge is -2.07. The highest BCUT2D eigenvalue weighted by atomic mass is 35.5. The Bertz CT molecular complexity index is 534. The molecule has 0 aliphatic carbocycles. The van der Waals surface area contributed by atoms with E-state index in [1.807, 2.05) is 12.3 Å². The molecule has 0 unspecified atom stereocenters. The molecule has 1 aromatic carbocycles. The Morgan fingerprint density at radius 3 is 3.00 bits per heavy atom. The van der Waals surface area contributed by atoms with Gasteiger partial charge in [-0.05, 0) is 24.6 Å². The maximum Gasteiger partial charge on any atom is 0.150 e. The lowest BCUT2D eigenvalue weighted by molar-refractivity contribution is 0.112. The molecule has 1 aromatic heterocycles. The third-order valence-corrected chi connectivity index (χ3v) is 2.96. The molecular weight excluding hydrogens is 236 g/mol. The maximum absolute atomic E-state index is 11.0. The van der Waals surface area contributed by atoms with E-state index in [0.29, 0.717) is 17.0 Å². The summed E-state index contributed by atoms with van der Waals surface area (Å²) in [5, 5.41) is 0.578. The molecule has 0 saturated carbocycles. The Morgan fingerprint density at radius 1 is 1.47 bits per heavy atom. The van der Waals surface area contributed by atoms with Crippen molar-refractivity contribution >= 4 is 17.9 Å². The van der Waals surface area contributed by atoms with Crippen LogP contribution in [0.3, 0.4) is 0 Å². The van der Waals surface area contributed by atoms with Crippen molar-refractivity contribution in [3.05, 3.63) is 52.6 Å². The van der Waals surface area contributed by atoms with Gasteiger partial charge in [-0.3, -0.25) is 4.79 Å². The number of carbonyl (C=O) groups is 1. The van der Waals surface area contributed by atoms with Gasteiger partial charge in [0, 0.05) is 35.9 Å². The number of imidazole rings is 1. The van der Waals surface area contributed by atoms with Crippen LogP contribution in [-0.2, 0) is 13.0 Å². The van der Waals surface area contributed by atoms with Crippen LogP contribution in [0.15, 0.2) is 30.6 Å². The van der Waals surface area contributed by atoms with Crippen LogP contribution >= 0.6 is 11.6 Å². The van der Waals surface area contributed by atoms with Gasteiger partial charge in [0.15, 0.2) is 0 Å². The Hall–Kier alpha value is -1.61. The second kappa shape index (κ2) is 5.15. The second-order valence-corrected chi connectivity index (χ2v) is 4.20. The molecule has 88 valence electrons. The summed E-state index contributed by atoms with van der Waals surface area (Å²) in [6.45, 7) is 2.94. The molecule has 0 aliphatic heterocycles. The van der Waals surface area contributed by atoms with Crippen molar-refractivity contribution in [1.29, 1.82) is 0 Å². The van der Waals surface area contributed by atoms with Crippen LogP contribution in [0.5, 0.6) is 0 Å². The summed E-state index contributed by atoms with van der Waals surface area (Å²) in [5.41, 5.74) is 1.58. The second-order valence-electron chi connectivity index (χ2n) is 3.77. The summed E-state index contributed by atoms with van der Waals surface area (Å²) in [6, 6.07) is 5.35. The minimum atomic E-state index is 0.578. The highest BCUT2D eigenvalue weighted by molar-refractivity contribution is 6.30. The fourth-order valence-corrected chi connectivity index (χ4v) is 1.98. The van der Waals surface area contributed by atoms with Crippen LogP contribution in [0.4, 0.5) is 0 Å². The smallest absolute Gasteiger partial charge is 0.150 e. The molecule has 0 saturated heterocycles. The van der Waals surface area contributed by atoms with E-state index in [2.05, 4.69) is 16.5 Å². The van der Waals surface area contributed by atoms with E-state index < -0.39 is 0 Å². The fourth-order valence-electron chi connectivity index (χ4n) is 1.80.